The van der Waals surface area contributed by atoms with Gasteiger partial charge in [0.2, 0.25) is 0 Å². The van der Waals surface area contributed by atoms with E-state index >= 15 is 0 Å². The minimum Gasteiger partial charge on any atom is -0.304 e. The second-order valence-corrected chi connectivity index (χ2v) is 4.34. The first-order valence-electron chi connectivity index (χ1n) is 4.88. The van der Waals surface area contributed by atoms with E-state index in [9.17, 15) is 0 Å². The van der Waals surface area contributed by atoms with E-state index in [1.165, 1.54) is 4.88 Å². The maximum absolute atomic E-state index is 4.26. The Hall–Kier alpha value is -1.26. The van der Waals surface area contributed by atoms with Crippen LogP contribution in [-0.2, 0) is 6.54 Å². The molecule has 1 atom stereocenters. The van der Waals surface area contributed by atoms with Crippen LogP contribution < -0.4 is 5.32 Å². The molecule has 78 valence electrons. The van der Waals surface area contributed by atoms with E-state index in [4.69, 9.17) is 0 Å². The normalized spacial score (nSPS) is 12.6. The number of nitrogens with one attached hydrogen (secondary N) is 1. The van der Waals surface area contributed by atoms with Gasteiger partial charge in [-0.05, 0) is 18.4 Å². The van der Waals surface area contributed by atoms with Crippen LogP contribution in [0, 0.1) is 0 Å². The topological polar surface area (TPSA) is 37.8 Å². The van der Waals surface area contributed by atoms with E-state index in [1.54, 1.807) is 29.9 Å². The van der Waals surface area contributed by atoms with Crippen molar-refractivity contribution in [1.29, 1.82) is 0 Å². The standard InChI is InChI=1S/C11H13N3S/c1-9(11-8-12-4-5-13-11)14-7-10-3-2-6-15-10/h2-6,8-9,14H,7H2,1H3. The SMILES string of the molecule is CC(NCc1cccs1)c1cnccn1. The summed E-state index contributed by atoms with van der Waals surface area (Å²) in [5, 5.41) is 5.50. The average Bonchev–Trinajstić information content (AvgIpc) is 2.80. The lowest BCUT2D eigenvalue weighted by atomic mass is 10.2. The fourth-order valence-electron chi connectivity index (χ4n) is 1.31. The van der Waals surface area contributed by atoms with Crippen molar-refractivity contribution >= 4 is 11.3 Å². The van der Waals surface area contributed by atoms with Gasteiger partial charge in [0.05, 0.1) is 5.69 Å². The highest BCUT2D eigenvalue weighted by Gasteiger charge is 2.05. The fourth-order valence-corrected chi connectivity index (χ4v) is 1.96. The lowest BCUT2D eigenvalue weighted by Gasteiger charge is -2.11. The molecule has 0 saturated heterocycles. The third kappa shape index (κ3) is 2.84. The van der Waals surface area contributed by atoms with Gasteiger partial charge in [-0.15, -0.1) is 11.3 Å². The molecule has 2 heterocycles. The highest BCUT2D eigenvalue weighted by atomic mass is 32.1. The predicted molar refractivity (Wildman–Crippen MR) is 61.6 cm³/mol. The largest absolute Gasteiger partial charge is 0.304 e. The van der Waals surface area contributed by atoms with E-state index in [-0.39, 0.29) is 6.04 Å². The zero-order chi connectivity index (χ0) is 10.5. The molecule has 0 aliphatic carbocycles. The summed E-state index contributed by atoms with van der Waals surface area (Å²) in [5.41, 5.74) is 0.981. The molecule has 0 bridgehead atoms. The third-order valence-electron chi connectivity index (χ3n) is 2.19. The van der Waals surface area contributed by atoms with Crippen molar-refractivity contribution in [3.8, 4) is 0 Å². The van der Waals surface area contributed by atoms with Gasteiger partial charge in [0.25, 0.3) is 0 Å². The van der Waals surface area contributed by atoms with Crippen molar-refractivity contribution in [3.63, 3.8) is 0 Å². The molecular formula is C11H13N3S. The first-order valence-corrected chi connectivity index (χ1v) is 5.76. The molecule has 3 nitrogen and oxygen atoms in total. The molecule has 0 aromatic carbocycles. The second kappa shape index (κ2) is 5.00. The molecule has 1 unspecified atom stereocenters. The lowest BCUT2D eigenvalue weighted by Crippen LogP contribution is -2.18. The van der Waals surface area contributed by atoms with Crippen molar-refractivity contribution in [2.75, 3.05) is 0 Å². The molecule has 0 fully saturated rings. The van der Waals surface area contributed by atoms with Gasteiger partial charge in [0, 0.05) is 36.1 Å². The number of rotatable bonds is 4. The predicted octanol–water partition coefficient (Wildman–Crippen LogP) is 2.39. The number of nitrogens with zero attached hydrogens (tertiary/aromatic N) is 2. The van der Waals surface area contributed by atoms with Gasteiger partial charge in [0.1, 0.15) is 0 Å². The van der Waals surface area contributed by atoms with Crippen LogP contribution in [0.15, 0.2) is 36.1 Å². The van der Waals surface area contributed by atoms with Crippen LogP contribution in [0.25, 0.3) is 0 Å². The van der Waals surface area contributed by atoms with Crippen molar-refractivity contribution in [1.82, 2.24) is 15.3 Å². The summed E-state index contributed by atoms with van der Waals surface area (Å²) >= 11 is 1.76. The molecule has 0 amide bonds. The van der Waals surface area contributed by atoms with Crippen LogP contribution >= 0.6 is 11.3 Å². The van der Waals surface area contributed by atoms with E-state index in [0.29, 0.717) is 0 Å². The van der Waals surface area contributed by atoms with Gasteiger partial charge < -0.3 is 5.32 Å². The summed E-state index contributed by atoms with van der Waals surface area (Å²) in [5.74, 6) is 0. The van der Waals surface area contributed by atoms with Gasteiger partial charge in [0.15, 0.2) is 0 Å². The third-order valence-corrected chi connectivity index (χ3v) is 3.07. The summed E-state index contributed by atoms with van der Waals surface area (Å²) in [6.45, 7) is 2.98. The van der Waals surface area contributed by atoms with Crippen molar-refractivity contribution in [2.45, 2.75) is 19.5 Å². The first kappa shape index (κ1) is 10.3. The Morgan fingerprint density at radius 2 is 2.40 bits per heavy atom. The maximum Gasteiger partial charge on any atom is 0.0753 e. The first-order chi connectivity index (χ1) is 7.36. The van der Waals surface area contributed by atoms with Crippen molar-refractivity contribution in [3.05, 3.63) is 46.7 Å². The van der Waals surface area contributed by atoms with Crippen molar-refractivity contribution in [2.24, 2.45) is 0 Å². The Morgan fingerprint density at radius 1 is 1.47 bits per heavy atom. The van der Waals surface area contributed by atoms with Crippen LogP contribution in [0.4, 0.5) is 0 Å². The summed E-state index contributed by atoms with van der Waals surface area (Å²) in [4.78, 5) is 9.65. The zero-order valence-corrected chi connectivity index (χ0v) is 9.37. The molecule has 0 radical (unpaired) electrons. The smallest absolute Gasteiger partial charge is 0.0753 e. The molecule has 2 rings (SSSR count). The highest BCUT2D eigenvalue weighted by Crippen LogP contribution is 2.11. The van der Waals surface area contributed by atoms with Gasteiger partial charge >= 0.3 is 0 Å². The van der Waals surface area contributed by atoms with E-state index in [0.717, 1.165) is 12.2 Å². The quantitative estimate of drug-likeness (QED) is 0.858. The summed E-state index contributed by atoms with van der Waals surface area (Å²) < 4.78 is 0. The maximum atomic E-state index is 4.26. The molecule has 15 heavy (non-hydrogen) atoms. The molecule has 2 aromatic rings. The monoisotopic (exact) mass is 219 g/mol. The van der Waals surface area contributed by atoms with Crippen LogP contribution in [0.3, 0.4) is 0 Å². The molecule has 0 saturated carbocycles. The zero-order valence-electron chi connectivity index (χ0n) is 8.55. The van der Waals surface area contributed by atoms with Gasteiger partial charge in [-0.25, -0.2) is 0 Å². The summed E-state index contributed by atoms with van der Waals surface area (Å²) in [7, 11) is 0. The number of hydrogen-bond acceptors (Lipinski definition) is 4. The van der Waals surface area contributed by atoms with Gasteiger partial charge in [-0.3, -0.25) is 9.97 Å². The fraction of sp³-hybridized carbons (Fsp3) is 0.273. The number of aromatic nitrogens is 2. The molecule has 1 N–H and O–H groups in total. The Labute approximate surface area is 93.2 Å². The van der Waals surface area contributed by atoms with Gasteiger partial charge in [-0.1, -0.05) is 6.07 Å². The summed E-state index contributed by atoms with van der Waals surface area (Å²) in [6, 6.07) is 4.43. The van der Waals surface area contributed by atoms with Crippen LogP contribution in [0.5, 0.6) is 0 Å². The second-order valence-electron chi connectivity index (χ2n) is 3.31. The lowest BCUT2D eigenvalue weighted by molar-refractivity contribution is 0.563. The molecule has 0 aliphatic rings. The van der Waals surface area contributed by atoms with E-state index in [1.807, 2.05) is 0 Å². The minimum absolute atomic E-state index is 0.237. The van der Waals surface area contributed by atoms with Crippen LogP contribution in [0.1, 0.15) is 23.5 Å². The number of hydrogen-bond donors (Lipinski definition) is 1. The average molecular weight is 219 g/mol. The Balaban J connectivity index is 1.90. The van der Waals surface area contributed by atoms with Crippen molar-refractivity contribution < 1.29 is 0 Å². The molecule has 2 aromatic heterocycles. The highest BCUT2D eigenvalue weighted by molar-refractivity contribution is 7.09. The minimum atomic E-state index is 0.237. The van der Waals surface area contributed by atoms with Gasteiger partial charge in [-0.2, -0.15) is 0 Å². The Kier molecular flexibility index (Phi) is 3.42. The van der Waals surface area contributed by atoms with E-state index in [2.05, 4.69) is 39.7 Å². The Bertz CT molecular complexity index is 385. The Morgan fingerprint density at radius 3 is 3.07 bits per heavy atom. The molecule has 4 heteroatoms. The van der Waals surface area contributed by atoms with Crippen LogP contribution in [-0.4, -0.2) is 9.97 Å². The van der Waals surface area contributed by atoms with Crippen LogP contribution in [0.2, 0.25) is 0 Å². The van der Waals surface area contributed by atoms with E-state index < -0.39 is 0 Å². The molecule has 0 aliphatic heterocycles. The summed E-state index contributed by atoms with van der Waals surface area (Å²) in [6.07, 6.45) is 5.21. The molecular weight excluding hydrogens is 206 g/mol. The molecule has 0 spiro atoms. The number of thiophene rings is 1.